The van der Waals surface area contributed by atoms with Crippen LogP contribution in [0.1, 0.15) is 36.5 Å². The van der Waals surface area contributed by atoms with Crippen molar-refractivity contribution in [3.05, 3.63) is 29.8 Å². The number of piperidine rings is 1. The number of sulfone groups is 1. The molecule has 6 nitrogen and oxygen atoms in total. The van der Waals surface area contributed by atoms with Crippen molar-refractivity contribution in [3.63, 3.8) is 0 Å². The second kappa shape index (κ2) is 6.48. The van der Waals surface area contributed by atoms with Crippen LogP contribution in [0.5, 0.6) is 0 Å². The molecule has 1 heterocycles. The molecule has 0 aromatic heterocycles. The lowest BCUT2D eigenvalue weighted by molar-refractivity contribution is -0.143. The Balaban J connectivity index is 2.33. The van der Waals surface area contributed by atoms with Crippen LogP contribution >= 0.6 is 0 Å². The molecule has 120 valence electrons. The third-order valence-electron chi connectivity index (χ3n) is 3.87. The van der Waals surface area contributed by atoms with E-state index in [1.807, 2.05) is 0 Å². The molecule has 0 radical (unpaired) electrons. The Kier molecular flexibility index (Phi) is 4.85. The number of carboxylic acid groups (broad SMARTS) is 1. The van der Waals surface area contributed by atoms with E-state index < -0.39 is 27.8 Å². The Morgan fingerprint density at radius 2 is 2.05 bits per heavy atom. The van der Waals surface area contributed by atoms with Crippen LogP contribution in [0.2, 0.25) is 0 Å². The molecule has 1 amide bonds. The average molecular weight is 325 g/mol. The molecule has 0 bridgehead atoms. The zero-order chi connectivity index (χ0) is 16.3. The summed E-state index contributed by atoms with van der Waals surface area (Å²) < 4.78 is 23.8. The first-order chi connectivity index (χ1) is 10.4. The summed E-state index contributed by atoms with van der Waals surface area (Å²) in [6.07, 6.45) is 1.95. The summed E-state index contributed by atoms with van der Waals surface area (Å²) in [5, 5.41) is 9.24. The minimum Gasteiger partial charge on any atom is -0.480 e. The Morgan fingerprint density at radius 3 is 2.68 bits per heavy atom. The van der Waals surface area contributed by atoms with E-state index in [-0.39, 0.29) is 16.2 Å². The fourth-order valence-electron chi connectivity index (χ4n) is 2.59. The van der Waals surface area contributed by atoms with Crippen molar-refractivity contribution < 1.29 is 23.1 Å². The number of hydrogen-bond acceptors (Lipinski definition) is 4. The predicted molar refractivity (Wildman–Crippen MR) is 80.5 cm³/mol. The van der Waals surface area contributed by atoms with Gasteiger partial charge in [0.2, 0.25) is 0 Å². The molecule has 0 saturated carbocycles. The molecular weight excluding hydrogens is 306 g/mol. The van der Waals surface area contributed by atoms with Crippen molar-refractivity contribution in [1.29, 1.82) is 0 Å². The number of benzene rings is 1. The molecule has 1 fully saturated rings. The van der Waals surface area contributed by atoms with Crippen molar-refractivity contribution in [2.45, 2.75) is 37.1 Å². The van der Waals surface area contributed by atoms with Crippen LogP contribution in [0.4, 0.5) is 0 Å². The normalized spacial score (nSPS) is 19.0. The molecule has 1 N–H and O–H groups in total. The van der Waals surface area contributed by atoms with E-state index in [4.69, 9.17) is 0 Å². The van der Waals surface area contributed by atoms with Gasteiger partial charge in [0.25, 0.3) is 5.91 Å². The monoisotopic (exact) mass is 325 g/mol. The van der Waals surface area contributed by atoms with Gasteiger partial charge in [-0.1, -0.05) is 13.0 Å². The van der Waals surface area contributed by atoms with Crippen LogP contribution in [-0.4, -0.2) is 48.6 Å². The van der Waals surface area contributed by atoms with E-state index >= 15 is 0 Å². The van der Waals surface area contributed by atoms with E-state index in [1.54, 1.807) is 0 Å². The maximum Gasteiger partial charge on any atom is 0.326 e. The minimum atomic E-state index is -3.40. The summed E-state index contributed by atoms with van der Waals surface area (Å²) in [4.78, 5) is 25.2. The highest BCUT2D eigenvalue weighted by molar-refractivity contribution is 7.91. The molecule has 22 heavy (non-hydrogen) atoms. The Labute approximate surface area is 129 Å². The molecule has 1 saturated heterocycles. The standard InChI is InChI=1S/C15H19NO5S/c1-2-22(20,21)12-7-5-6-11(10-12)14(17)16-9-4-3-8-13(16)15(18)19/h5-7,10,13H,2-4,8-9H2,1H3,(H,18,19). The van der Waals surface area contributed by atoms with Gasteiger partial charge in [-0.2, -0.15) is 0 Å². The summed E-state index contributed by atoms with van der Waals surface area (Å²) in [6, 6.07) is 4.96. The van der Waals surface area contributed by atoms with E-state index in [2.05, 4.69) is 0 Å². The molecule has 2 rings (SSSR count). The largest absolute Gasteiger partial charge is 0.480 e. The summed E-state index contributed by atoms with van der Waals surface area (Å²) in [5.41, 5.74) is 0.211. The van der Waals surface area contributed by atoms with Crippen LogP contribution in [0, 0.1) is 0 Å². The number of carbonyl (C=O) groups excluding carboxylic acids is 1. The highest BCUT2D eigenvalue weighted by Gasteiger charge is 2.32. The summed E-state index contributed by atoms with van der Waals surface area (Å²) in [6.45, 7) is 1.91. The van der Waals surface area contributed by atoms with Gasteiger partial charge >= 0.3 is 5.97 Å². The zero-order valence-corrected chi connectivity index (χ0v) is 13.2. The summed E-state index contributed by atoms with van der Waals surface area (Å²) >= 11 is 0. The van der Waals surface area contributed by atoms with Gasteiger partial charge in [-0.25, -0.2) is 13.2 Å². The van der Waals surface area contributed by atoms with E-state index in [0.717, 1.165) is 12.8 Å². The maximum absolute atomic E-state index is 12.5. The SMILES string of the molecule is CCS(=O)(=O)c1cccc(C(=O)N2CCCCC2C(=O)O)c1. The van der Waals surface area contributed by atoms with Gasteiger partial charge < -0.3 is 10.0 Å². The molecule has 1 atom stereocenters. The van der Waals surface area contributed by atoms with Crippen molar-refractivity contribution in [2.24, 2.45) is 0 Å². The third kappa shape index (κ3) is 3.30. The Hall–Kier alpha value is -1.89. The van der Waals surface area contributed by atoms with E-state index in [0.29, 0.717) is 13.0 Å². The van der Waals surface area contributed by atoms with Gasteiger partial charge in [0.05, 0.1) is 10.6 Å². The number of nitrogens with zero attached hydrogens (tertiary/aromatic N) is 1. The third-order valence-corrected chi connectivity index (χ3v) is 5.60. The van der Waals surface area contributed by atoms with Gasteiger partial charge in [0.15, 0.2) is 9.84 Å². The molecule has 1 aliphatic rings. The number of amides is 1. The number of aliphatic carboxylic acids is 1. The fraction of sp³-hybridized carbons (Fsp3) is 0.467. The molecule has 0 spiro atoms. The van der Waals surface area contributed by atoms with Crippen LogP contribution < -0.4 is 0 Å². The minimum absolute atomic E-state index is 0.0495. The molecule has 1 unspecified atom stereocenters. The van der Waals surface area contributed by atoms with Gasteiger partial charge in [0.1, 0.15) is 6.04 Å². The number of rotatable bonds is 4. The fourth-order valence-corrected chi connectivity index (χ4v) is 3.51. The molecular formula is C15H19NO5S. The lowest BCUT2D eigenvalue weighted by Gasteiger charge is -2.33. The molecule has 1 aliphatic heterocycles. The first kappa shape index (κ1) is 16.5. The van der Waals surface area contributed by atoms with Crippen molar-refractivity contribution in [2.75, 3.05) is 12.3 Å². The van der Waals surface area contributed by atoms with Gasteiger partial charge in [-0.3, -0.25) is 4.79 Å². The molecule has 1 aromatic rings. The number of carbonyl (C=O) groups is 2. The molecule has 7 heteroatoms. The predicted octanol–water partition coefficient (Wildman–Crippen LogP) is 1.56. The van der Waals surface area contributed by atoms with Gasteiger partial charge in [-0.05, 0) is 37.5 Å². The van der Waals surface area contributed by atoms with Crippen molar-refractivity contribution >= 4 is 21.7 Å². The van der Waals surface area contributed by atoms with Crippen LogP contribution in [-0.2, 0) is 14.6 Å². The quantitative estimate of drug-likeness (QED) is 0.907. The lowest BCUT2D eigenvalue weighted by atomic mass is 10.0. The lowest BCUT2D eigenvalue weighted by Crippen LogP contribution is -2.48. The number of hydrogen-bond donors (Lipinski definition) is 1. The second-order valence-corrected chi connectivity index (χ2v) is 7.56. The summed E-state index contributed by atoms with van der Waals surface area (Å²) in [7, 11) is -3.40. The van der Waals surface area contributed by atoms with Gasteiger partial charge in [-0.15, -0.1) is 0 Å². The zero-order valence-electron chi connectivity index (χ0n) is 12.4. The molecule has 1 aromatic carbocycles. The molecule has 0 aliphatic carbocycles. The Bertz CT molecular complexity index is 683. The van der Waals surface area contributed by atoms with E-state index in [9.17, 15) is 23.1 Å². The summed E-state index contributed by atoms with van der Waals surface area (Å²) in [5.74, 6) is -1.50. The topological polar surface area (TPSA) is 91.8 Å². The van der Waals surface area contributed by atoms with Crippen LogP contribution in [0.3, 0.4) is 0 Å². The highest BCUT2D eigenvalue weighted by Crippen LogP contribution is 2.21. The van der Waals surface area contributed by atoms with Crippen LogP contribution in [0.25, 0.3) is 0 Å². The highest BCUT2D eigenvalue weighted by atomic mass is 32.2. The van der Waals surface area contributed by atoms with Crippen LogP contribution in [0.15, 0.2) is 29.2 Å². The smallest absolute Gasteiger partial charge is 0.326 e. The van der Waals surface area contributed by atoms with Crippen molar-refractivity contribution in [3.8, 4) is 0 Å². The van der Waals surface area contributed by atoms with Crippen molar-refractivity contribution in [1.82, 2.24) is 4.90 Å². The maximum atomic E-state index is 12.5. The number of carboxylic acids is 1. The first-order valence-electron chi connectivity index (χ1n) is 7.23. The van der Waals surface area contributed by atoms with E-state index in [1.165, 1.54) is 36.1 Å². The average Bonchev–Trinajstić information content (AvgIpc) is 2.54. The number of likely N-dealkylation sites (tertiary alicyclic amines) is 1. The second-order valence-electron chi connectivity index (χ2n) is 5.28. The van der Waals surface area contributed by atoms with Gasteiger partial charge in [0, 0.05) is 12.1 Å². The first-order valence-corrected chi connectivity index (χ1v) is 8.88. The Morgan fingerprint density at radius 1 is 1.32 bits per heavy atom.